The van der Waals surface area contributed by atoms with Crippen LogP contribution in [0.25, 0.3) is 21.9 Å². The molecular formula is C112H112O20. The van der Waals surface area contributed by atoms with E-state index in [0.29, 0.717) is 38.8 Å². The third-order valence-corrected chi connectivity index (χ3v) is 25.0. The predicted molar refractivity (Wildman–Crippen MR) is 517 cm³/mol. The molecule has 0 aliphatic heterocycles. The Morgan fingerprint density at radius 1 is 0.227 bits per heavy atom. The molecule has 15 rings (SSSR count). The van der Waals surface area contributed by atoms with Crippen LogP contribution in [0.1, 0.15) is 231 Å². The van der Waals surface area contributed by atoms with Gasteiger partial charge in [-0.05, 0) is 248 Å². The molecule has 0 unspecified atom stereocenters. The first-order valence-electron chi connectivity index (χ1n) is 41.9. The fourth-order valence-electron chi connectivity index (χ4n) is 15.8. The molecule has 15 aromatic rings. The Morgan fingerprint density at radius 2 is 0.409 bits per heavy atom. The largest absolute Gasteiger partial charge is 0.508 e. The van der Waals surface area contributed by atoms with Gasteiger partial charge in [-0.15, -0.1) is 0 Å². The highest BCUT2D eigenvalue weighted by Crippen LogP contribution is 2.45. The molecular weight excluding hydrogens is 1670 g/mol. The van der Waals surface area contributed by atoms with Crippen molar-refractivity contribution >= 4 is 45.8 Å². The van der Waals surface area contributed by atoms with Gasteiger partial charge in [0.15, 0.2) is 0 Å². The van der Waals surface area contributed by atoms with Crippen molar-refractivity contribution in [3.05, 3.63) is 414 Å². The van der Waals surface area contributed by atoms with E-state index in [4.69, 9.17) is 19.0 Å². The van der Waals surface area contributed by atoms with E-state index in [-0.39, 0.29) is 122 Å². The van der Waals surface area contributed by atoms with E-state index in [2.05, 4.69) is 41.5 Å². The third-order valence-electron chi connectivity index (χ3n) is 25.0. The molecule has 0 saturated heterocycles. The lowest BCUT2D eigenvalue weighted by Crippen LogP contribution is -2.20. The van der Waals surface area contributed by atoms with Crippen LogP contribution < -0.4 is 14.9 Å². The molecule has 0 spiro atoms. The average molecular weight is 1780 g/mol. The average Bonchev–Trinajstić information content (AvgIpc) is 0.755. The van der Waals surface area contributed by atoms with E-state index >= 15 is 0 Å². The molecule has 0 amide bonds. The summed E-state index contributed by atoms with van der Waals surface area (Å²) in [6, 6.07) is 87.1. The lowest BCUT2D eigenvalue weighted by atomic mass is 9.77. The Labute approximate surface area is 768 Å². The van der Waals surface area contributed by atoms with Gasteiger partial charge in [0.1, 0.15) is 102 Å². The third kappa shape index (κ3) is 21.4. The van der Waals surface area contributed by atoms with Crippen molar-refractivity contribution in [2.75, 3.05) is 0 Å². The van der Waals surface area contributed by atoms with Gasteiger partial charge in [-0.1, -0.05) is 245 Å². The van der Waals surface area contributed by atoms with Crippen LogP contribution in [-0.2, 0) is 37.9 Å². The fourth-order valence-corrected chi connectivity index (χ4v) is 15.8. The zero-order valence-corrected chi connectivity index (χ0v) is 74.5. The zero-order chi connectivity index (χ0) is 94.5. The summed E-state index contributed by atoms with van der Waals surface area (Å²) < 4.78 is 18.1. The Balaban J connectivity index is 0.000000186. The molecule has 14 aromatic carbocycles. The molecule has 0 aliphatic rings. The standard InChI is InChI=1S/C32H30O7.C31H30O5.C31H28O4.C16H16O4.2CH4/c1-31(2,19-5-11-23(33)12-6-19)21-9-15-27(25(17-21)29(35)36)39-28-16-10-22(18-26(28)30(37)38)32(3,4)20-7-13-24(34)14-8-20;1-30(2,20-5-12-24(32)13-6-20)22-9-16-26(17-10-22)36-28-18-11-23(19-27(28)29(34)35)31(3,4)21-7-14-25(33)15-8-21;1-30(2,19-5-11-23(32)12-6-19)21-9-15-27-25(17-21)29(34)26-18-22(10-16-28(26)35-27)31(3,4)20-7-13-24(33)14-8-20;1-16(2,10-3-6-12(17)7-4-10)11-5-8-14(18)13(9-11)15(19)20;;/h5-18,33-34H,1-4H3,(H,35,36)(H,37,38);5-19,32-33H,1-4H3,(H,34,35);5-18,32-33H,1-4H3;3-9,17-18H,1-2H3,(H,19,20);2*1H4. The highest BCUT2D eigenvalue weighted by molar-refractivity contribution is 5.95. The second kappa shape index (κ2) is 39.2. The first-order valence-corrected chi connectivity index (χ1v) is 41.9. The maximum Gasteiger partial charge on any atom is 0.339 e. The van der Waals surface area contributed by atoms with Crippen molar-refractivity contribution in [3.8, 4) is 69.0 Å². The highest BCUT2D eigenvalue weighted by Gasteiger charge is 2.34. The van der Waals surface area contributed by atoms with Crippen molar-refractivity contribution in [2.24, 2.45) is 0 Å². The van der Waals surface area contributed by atoms with E-state index in [0.717, 1.165) is 66.8 Å². The summed E-state index contributed by atoms with van der Waals surface area (Å²) in [7, 11) is 0. The van der Waals surface area contributed by atoms with Gasteiger partial charge in [0, 0.05) is 37.9 Å². The summed E-state index contributed by atoms with van der Waals surface area (Å²) in [5.74, 6) is -2.77. The van der Waals surface area contributed by atoms with Crippen molar-refractivity contribution in [1.82, 2.24) is 0 Å². The van der Waals surface area contributed by atoms with Crippen molar-refractivity contribution in [2.45, 2.75) is 150 Å². The minimum Gasteiger partial charge on any atom is -0.508 e. The number of carboxylic acid groups (broad SMARTS) is 4. The fraction of sp³-hybridized carbons (Fsp3) is 0.205. The summed E-state index contributed by atoms with van der Waals surface area (Å²) in [5, 5.41) is 117. The van der Waals surface area contributed by atoms with Crippen molar-refractivity contribution in [1.29, 1.82) is 0 Å². The van der Waals surface area contributed by atoms with Gasteiger partial charge in [-0.25, -0.2) is 19.2 Å². The molecule has 0 fully saturated rings. The predicted octanol–water partition coefficient (Wildman–Crippen LogP) is 25.6. The number of hydrogen-bond acceptors (Lipinski definition) is 16. The summed E-state index contributed by atoms with van der Waals surface area (Å²) in [6.07, 6.45) is 0. The molecule has 20 nitrogen and oxygen atoms in total. The highest BCUT2D eigenvalue weighted by atomic mass is 16.5. The second-order valence-corrected chi connectivity index (χ2v) is 35.9. The van der Waals surface area contributed by atoms with Gasteiger partial charge >= 0.3 is 23.9 Å². The summed E-state index contributed by atoms with van der Waals surface area (Å²) in [4.78, 5) is 61.3. The van der Waals surface area contributed by atoms with Crippen LogP contribution in [0, 0.1) is 0 Å². The Kier molecular flexibility index (Phi) is 29.3. The number of phenols is 8. The molecule has 0 aliphatic carbocycles. The van der Waals surface area contributed by atoms with E-state index in [9.17, 15) is 80.1 Å². The minimum atomic E-state index is -1.21. The number of rotatable bonds is 22. The number of carboxylic acids is 4. The Bertz CT molecular complexity index is 6510. The van der Waals surface area contributed by atoms with Gasteiger partial charge in [-0.3, -0.25) is 4.79 Å². The van der Waals surface area contributed by atoms with Gasteiger partial charge in [-0.2, -0.15) is 0 Å². The summed E-state index contributed by atoms with van der Waals surface area (Å²) in [5.41, 5.74) is 10.5. The van der Waals surface area contributed by atoms with Crippen LogP contribution in [0.3, 0.4) is 0 Å². The number of aromatic carboxylic acids is 4. The summed E-state index contributed by atoms with van der Waals surface area (Å²) in [6.45, 7) is 28.3. The normalized spacial score (nSPS) is 11.7. The molecule has 12 N–H and O–H groups in total. The molecule has 132 heavy (non-hydrogen) atoms. The van der Waals surface area contributed by atoms with Crippen LogP contribution in [0.5, 0.6) is 69.0 Å². The molecule has 0 saturated carbocycles. The Morgan fingerprint density at radius 3 is 0.644 bits per heavy atom. The maximum atomic E-state index is 13.7. The maximum absolute atomic E-state index is 13.7. The van der Waals surface area contributed by atoms with Crippen molar-refractivity contribution in [3.63, 3.8) is 0 Å². The smallest absolute Gasteiger partial charge is 0.339 e. The minimum absolute atomic E-state index is 0. The second-order valence-electron chi connectivity index (χ2n) is 35.9. The van der Waals surface area contributed by atoms with Crippen molar-refractivity contribution < 1.29 is 94.3 Å². The molecule has 0 atom stereocenters. The lowest BCUT2D eigenvalue weighted by Gasteiger charge is -2.27. The van der Waals surface area contributed by atoms with Crippen LogP contribution in [0.2, 0.25) is 0 Å². The lowest BCUT2D eigenvalue weighted by molar-refractivity contribution is 0.0680. The van der Waals surface area contributed by atoms with Crippen LogP contribution in [-0.4, -0.2) is 85.2 Å². The first kappa shape index (κ1) is 98.6. The van der Waals surface area contributed by atoms with E-state index < -0.39 is 45.5 Å². The molecule has 1 aromatic heterocycles. The number of hydrogen-bond donors (Lipinski definition) is 12. The number of phenolic OH excluding ortho intramolecular Hbond substituents is 7. The SMILES string of the molecule is C.C.CC(C)(c1ccc(O)cc1)c1ccc(O)c(C(=O)O)c1.CC(C)(c1ccc(O)cc1)c1ccc(Oc2ccc(C(C)(C)c3ccc(O)cc3)cc2C(=O)O)c(C(=O)O)c1.CC(C)(c1ccc(O)cc1)c1ccc(Oc2ccc(C(C)(C)c3ccc(O)cc3)cc2C(=O)O)cc1.CC(C)(c1ccc(O)cc1)c1ccc2oc3ccc(C(C)(C)c4ccc(O)cc4)cc3c(=O)c2c1. The van der Waals surface area contributed by atoms with E-state index in [1.54, 1.807) is 152 Å². The Hall–Kier alpha value is -15.6. The van der Waals surface area contributed by atoms with Crippen LogP contribution in [0.15, 0.2) is 313 Å². The quantitative estimate of drug-likeness (QED) is 0.0280. The van der Waals surface area contributed by atoms with Crippen LogP contribution in [0.4, 0.5) is 0 Å². The number of ether oxygens (including phenoxy) is 2. The molecule has 1 heterocycles. The van der Waals surface area contributed by atoms with Gasteiger partial charge in [0.05, 0.1) is 10.8 Å². The van der Waals surface area contributed by atoms with E-state index in [1.165, 1.54) is 36.4 Å². The van der Waals surface area contributed by atoms with Gasteiger partial charge in [0.25, 0.3) is 0 Å². The van der Waals surface area contributed by atoms with Gasteiger partial charge < -0.3 is 75.2 Å². The topological polar surface area (TPSA) is 360 Å². The van der Waals surface area contributed by atoms with E-state index in [1.807, 2.05) is 171 Å². The molecule has 0 bridgehead atoms. The molecule has 0 radical (unpaired) electrons. The number of benzene rings is 14. The number of carbonyl (C=O) groups is 4. The van der Waals surface area contributed by atoms with Gasteiger partial charge in [0.2, 0.25) is 5.43 Å². The number of fused-ring (bicyclic) bond motifs is 2. The zero-order valence-electron chi connectivity index (χ0n) is 74.5. The van der Waals surface area contributed by atoms with Crippen LogP contribution >= 0.6 is 0 Å². The first-order chi connectivity index (χ1) is 61.2. The molecule has 20 heteroatoms. The summed E-state index contributed by atoms with van der Waals surface area (Å²) >= 11 is 0. The number of aromatic hydroxyl groups is 8. The monoisotopic (exact) mass is 1780 g/mol. The molecule has 680 valence electrons.